The second-order valence-electron chi connectivity index (χ2n) is 5.13. The minimum atomic E-state index is -0.239. The monoisotopic (exact) mass is 255 g/mol. The third-order valence-corrected chi connectivity index (χ3v) is 2.81. The fraction of sp³-hybridized carbons (Fsp3) is 0.333. The molecule has 0 spiro atoms. The second kappa shape index (κ2) is 5.25. The van der Waals surface area contributed by atoms with Crippen LogP contribution in [0.4, 0.5) is 5.82 Å². The molecule has 1 N–H and O–H groups in total. The van der Waals surface area contributed by atoms with Crippen LogP contribution in [0, 0.1) is 11.3 Å². The van der Waals surface area contributed by atoms with Gasteiger partial charge < -0.3 is 10.1 Å². The van der Waals surface area contributed by atoms with Gasteiger partial charge in [-0.05, 0) is 26.0 Å². The van der Waals surface area contributed by atoms with Crippen molar-refractivity contribution < 1.29 is 4.74 Å². The normalized spacial score (nSPS) is 11.3. The Morgan fingerprint density at radius 2 is 2.11 bits per heavy atom. The molecule has 2 rings (SSSR count). The molecule has 0 aliphatic carbocycles. The zero-order valence-electron chi connectivity index (χ0n) is 11.4. The lowest BCUT2D eigenvalue weighted by molar-refractivity contribution is 0.158. The maximum Gasteiger partial charge on any atom is 0.128 e. The molecular formula is C15H17N3O. The van der Waals surface area contributed by atoms with E-state index in [1.54, 1.807) is 13.2 Å². The molecule has 0 radical (unpaired) electrons. The average molecular weight is 255 g/mol. The van der Waals surface area contributed by atoms with Crippen molar-refractivity contribution in [1.82, 2.24) is 4.98 Å². The van der Waals surface area contributed by atoms with Gasteiger partial charge in [0.2, 0.25) is 0 Å². The number of nitrogens with zero attached hydrogens (tertiary/aromatic N) is 2. The van der Waals surface area contributed by atoms with Crippen molar-refractivity contribution in [2.24, 2.45) is 0 Å². The summed E-state index contributed by atoms with van der Waals surface area (Å²) >= 11 is 0. The van der Waals surface area contributed by atoms with Gasteiger partial charge in [-0.3, -0.25) is 0 Å². The number of anilines is 1. The SMILES string of the molecule is COCC(C)(C)Nc1cc(C#N)c2ccccc2n1. The van der Waals surface area contributed by atoms with Gasteiger partial charge in [0.25, 0.3) is 0 Å². The summed E-state index contributed by atoms with van der Waals surface area (Å²) in [6, 6.07) is 11.6. The molecule has 4 nitrogen and oxygen atoms in total. The van der Waals surface area contributed by atoms with Crippen LogP contribution < -0.4 is 5.32 Å². The van der Waals surface area contributed by atoms with E-state index in [1.807, 2.05) is 38.1 Å². The van der Waals surface area contributed by atoms with E-state index < -0.39 is 0 Å². The Labute approximate surface area is 113 Å². The second-order valence-corrected chi connectivity index (χ2v) is 5.13. The zero-order chi connectivity index (χ0) is 13.9. The molecule has 0 bridgehead atoms. The van der Waals surface area contributed by atoms with E-state index >= 15 is 0 Å². The van der Waals surface area contributed by atoms with Crippen LogP contribution in [0.5, 0.6) is 0 Å². The van der Waals surface area contributed by atoms with E-state index in [0.717, 1.165) is 10.9 Å². The van der Waals surface area contributed by atoms with E-state index in [1.165, 1.54) is 0 Å². The number of hydrogen-bond acceptors (Lipinski definition) is 4. The summed E-state index contributed by atoms with van der Waals surface area (Å²) in [4.78, 5) is 4.53. The predicted molar refractivity (Wildman–Crippen MR) is 76.0 cm³/mol. The minimum absolute atomic E-state index is 0.239. The van der Waals surface area contributed by atoms with E-state index in [-0.39, 0.29) is 5.54 Å². The van der Waals surface area contributed by atoms with Crippen molar-refractivity contribution in [2.75, 3.05) is 19.0 Å². The Morgan fingerprint density at radius 1 is 1.37 bits per heavy atom. The molecule has 19 heavy (non-hydrogen) atoms. The number of methoxy groups -OCH3 is 1. The molecule has 0 fully saturated rings. The van der Waals surface area contributed by atoms with Crippen LogP contribution in [0.1, 0.15) is 19.4 Å². The largest absolute Gasteiger partial charge is 0.382 e. The Kier molecular flexibility index (Phi) is 3.68. The van der Waals surface area contributed by atoms with Crippen LogP contribution in [0.15, 0.2) is 30.3 Å². The maximum atomic E-state index is 9.23. The lowest BCUT2D eigenvalue weighted by Crippen LogP contribution is -2.36. The van der Waals surface area contributed by atoms with Crippen LogP contribution in [-0.4, -0.2) is 24.2 Å². The summed E-state index contributed by atoms with van der Waals surface area (Å²) in [5, 5.41) is 13.4. The molecule has 2 aromatic rings. The Balaban J connectivity index is 2.43. The minimum Gasteiger partial charge on any atom is -0.382 e. The number of aromatic nitrogens is 1. The summed E-state index contributed by atoms with van der Waals surface area (Å²) in [6.07, 6.45) is 0. The highest BCUT2D eigenvalue weighted by Gasteiger charge is 2.18. The first-order valence-electron chi connectivity index (χ1n) is 6.13. The van der Waals surface area contributed by atoms with Gasteiger partial charge in [-0.15, -0.1) is 0 Å². The number of fused-ring (bicyclic) bond motifs is 1. The van der Waals surface area contributed by atoms with Crippen molar-refractivity contribution in [1.29, 1.82) is 5.26 Å². The van der Waals surface area contributed by atoms with Crippen molar-refractivity contribution >= 4 is 16.7 Å². The molecule has 0 aliphatic rings. The third-order valence-electron chi connectivity index (χ3n) is 2.81. The molecule has 0 saturated heterocycles. The summed E-state index contributed by atoms with van der Waals surface area (Å²) in [5.41, 5.74) is 1.20. The van der Waals surface area contributed by atoms with Crippen LogP contribution >= 0.6 is 0 Å². The zero-order valence-corrected chi connectivity index (χ0v) is 11.4. The first-order valence-corrected chi connectivity index (χ1v) is 6.13. The highest BCUT2D eigenvalue weighted by molar-refractivity contribution is 5.86. The van der Waals surface area contributed by atoms with Gasteiger partial charge in [-0.1, -0.05) is 18.2 Å². The first kappa shape index (κ1) is 13.3. The van der Waals surface area contributed by atoms with Gasteiger partial charge in [-0.2, -0.15) is 5.26 Å². The molecule has 0 amide bonds. The van der Waals surface area contributed by atoms with Crippen molar-refractivity contribution in [3.05, 3.63) is 35.9 Å². The van der Waals surface area contributed by atoms with Crippen LogP contribution in [0.25, 0.3) is 10.9 Å². The number of ether oxygens (including phenoxy) is 1. The molecule has 1 aromatic heterocycles. The Bertz CT molecular complexity index is 629. The van der Waals surface area contributed by atoms with Crippen LogP contribution in [0.2, 0.25) is 0 Å². The van der Waals surface area contributed by atoms with Crippen molar-refractivity contribution in [3.8, 4) is 6.07 Å². The Morgan fingerprint density at radius 3 is 2.79 bits per heavy atom. The van der Waals surface area contributed by atoms with E-state index in [9.17, 15) is 5.26 Å². The highest BCUT2D eigenvalue weighted by Crippen LogP contribution is 2.22. The first-order chi connectivity index (χ1) is 9.05. The van der Waals surface area contributed by atoms with Gasteiger partial charge in [0.15, 0.2) is 0 Å². The molecule has 98 valence electrons. The standard InChI is InChI=1S/C15H17N3O/c1-15(2,10-19-3)18-14-8-11(9-16)12-6-4-5-7-13(12)17-14/h4-8H,10H2,1-3H3,(H,17,18). The molecule has 0 saturated carbocycles. The summed E-state index contributed by atoms with van der Waals surface area (Å²) in [6.45, 7) is 4.61. The van der Waals surface area contributed by atoms with Gasteiger partial charge >= 0.3 is 0 Å². The van der Waals surface area contributed by atoms with Crippen LogP contribution in [-0.2, 0) is 4.74 Å². The average Bonchev–Trinajstić information content (AvgIpc) is 2.37. The molecule has 0 atom stereocenters. The fourth-order valence-corrected chi connectivity index (χ4v) is 2.08. The van der Waals surface area contributed by atoms with Crippen LogP contribution in [0.3, 0.4) is 0 Å². The van der Waals surface area contributed by atoms with Gasteiger partial charge in [-0.25, -0.2) is 4.98 Å². The van der Waals surface area contributed by atoms with Gasteiger partial charge in [0.1, 0.15) is 5.82 Å². The summed E-state index contributed by atoms with van der Waals surface area (Å²) in [7, 11) is 1.66. The predicted octanol–water partition coefficient (Wildman–Crippen LogP) is 2.94. The number of pyridine rings is 1. The maximum absolute atomic E-state index is 9.23. The highest BCUT2D eigenvalue weighted by atomic mass is 16.5. The molecule has 0 aliphatic heterocycles. The number of nitrogens with one attached hydrogen (secondary N) is 1. The van der Waals surface area contributed by atoms with Gasteiger partial charge in [0, 0.05) is 12.5 Å². The number of rotatable bonds is 4. The number of nitriles is 1. The third kappa shape index (κ3) is 3.01. The van der Waals surface area contributed by atoms with E-state index in [4.69, 9.17) is 4.74 Å². The Hall–Kier alpha value is -2.12. The fourth-order valence-electron chi connectivity index (χ4n) is 2.08. The molecule has 1 aromatic carbocycles. The van der Waals surface area contributed by atoms with Crippen molar-refractivity contribution in [3.63, 3.8) is 0 Å². The lowest BCUT2D eigenvalue weighted by Gasteiger charge is -2.26. The molecule has 4 heteroatoms. The topological polar surface area (TPSA) is 57.9 Å². The number of hydrogen-bond donors (Lipinski definition) is 1. The molecular weight excluding hydrogens is 238 g/mol. The molecule has 0 unspecified atom stereocenters. The van der Waals surface area contributed by atoms with Gasteiger partial charge in [0.05, 0.1) is 29.3 Å². The lowest BCUT2D eigenvalue weighted by atomic mass is 10.1. The summed E-state index contributed by atoms with van der Waals surface area (Å²) < 4.78 is 5.17. The quantitative estimate of drug-likeness (QED) is 0.912. The molecule has 1 heterocycles. The smallest absolute Gasteiger partial charge is 0.128 e. The van der Waals surface area contributed by atoms with E-state index in [2.05, 4.69) is 16.4 Å². The van der Waals surface area contributed by atoms with E-state index in [0.29, 0.717) is 18.0 Å². The number of para-hydroxylation sites is 1. The summed E-state index contributed by atoms with van der Waals surface area (Å²) in [5.74, 6) is 0.692. The van der Waals surface area contributed by atoms with Crippen molar-refractivity contribution in [2.45, 2.75) is 19.4 Å². The number of benzene rings is 1.